The van der Waals surface area contributed by atoms with Gasteiger partial charge in [0.15, 0.2) is 22.4 Å². The van der Waals surface area contributed by atoms with Crippen molar-refractivity contribution in [1.82, 2.24) is 24.5 Å². The zero-order chi connectivity index (χ0) is 29.5. The number of carbonyl (C=O) groups is 1. The van der Waals surface area contributed by atoms with Gasteiger partial charge in [-0.15, -0.1) is 0 Å². The molecule has 1 amide bonds. The Morgan fingerprint density at radius 1 is 1.15 bits per heavy atom. The van der Waals surface area contributed by atoms with Crippen LogP contribution in [-0.2, 0) is 11.2 Å². The predicted molar refractivity (Wildman–Crippen MR) is 153 cm³/mol. The fourth-order valence-electron chi connectivity index (χ4n) is 4.62. The molecule has 1 saturated heterocycles. The van der Waals surface area contributed by atoms with Gasteiger partial charge in [-0.25, -0.2) is 28.1 Å². The third-order valence-electron chi connectivity index (χ3n) is 6.64. The summed E-state index contributed by atoms with van der Waals surface area (Å²) in [5.74, 6) is -1.22. The van der Waals surface area contributed by atoms with Crippen molar-refractivity contribution in [2.75, 3.05) is 43.0 Å². The molecule has 0 aliphatic carbocycles. The minimum atomic E-state index is -1.01. The molecule has 0 unspecified atom stereocenters. The number of fused-ring (bicyclic) bond motifs is 1. The zero-order valence-corrected chi connectivity index (χ0v) is 24.3. The maximum Gasteiger partial charge on any atom is 0.410 e. The van der Waals surface area contributed by atoms with Gasteiger partial charge in [-0.2, -0.15) is 10.4 Å². The van der Waals surface area contributed by atoms with Crippen LogP contribution in [-0.4, -0.2) is 69.4 Å². The summed E-state index contributed by atoms with van der Waals surface area (Å²) in [6.45, 7) is 9.75. The number of benzene rings is 1. The van der Waals surface area contributed by atoms with Crippen LogP contribution in [0.4, 0.5) is 30.2 Å². The predicted octanol–water partition coefficient (Wildman–Crippen LogP) is 5.39. The van der Waals surface area contributed by atoms with Crippen LogP contribution in [0.1, 0.15) is 38.3 Å². The SMILES string of the molecule is CCc1nn2ccc(N3CCN(C(=O)OC(C)(C)C)CC3)nc2c1N(C)c1nc(-c2ccc(F)c(F)c2)c(C#N)s1. The number of carbonyl (C=O) groups excluding carboxylic acids is 1. The molecule has 5 rings (SSSR count). The molecule has 1 aliphatic heterocycles. The van der Waals surface area contributed by atoms with Crippen LogP contribution >= 0.6 is 11.3 Å². The van der Waals surface area contributed by atoms with Gasteiger partial charge in [0.2, 0.25) is 0 Å². The zero-order valence-electron chi connectivity index (χ0n) is 23.5. The first kappa shape index (κ1) is 28.2. The quantitative estimate of drug-likeness (QED) is 0.310. The van der Waals surface area contributed by atoms with Crippen molar-refractivity contribution in [3.8, 4) is 17.3 Å². The van der Waals surface area contributed by atoms with Crippen LogP contribution in [0.5, 0.6) is 0 Å². The van der Waals surface area contributed by atoms with E-state index in [1.54, 1.807) is 9.42 Å². The van der Waals surface area contributed by atoms with Crippen LogP contribution in [0, 0.1) is 23.0 Å². The van der Waals surface area contributed by atoms with E-state index >= 15 is 0 Å². The maximum absolute atomic E-state index is 13.9. The topological polar surface area (TPSA) is 103 Å². The van der Waals surface area contributed by atoms with Crippen LogP contribution in [0.25, 0.3) is 16.9 Å². The summed E-state index contributed by atoms with van der Waals surface area (Å²) in [4.78, 5) is 28.0. The first-order valence-electron chi connectivity index (χ1n) is 13.2. The number of aromatic nitrogens is 4. The Hall–Kier alpha value is -4.31. The van der Waals surface area contributed by atoms with Crippen LogP contribution in [0.15, 0.2) is 30.5 Å². The number of piperazine rings is 1. The average Bonchev–Trinajstić information content (AvgIpc) is 3.54. The molecule has 0 saturated carbocycles. The summed E-state index contributed by atoms with van der Waals surface area (Å²) >= 11 is 1.15. The lowest BCUT2D eigenvalue weighted by molar-refractivity contribution is 0.0240. The molecule has 4 aromatic rings. The van der Waals surface area contributed by atoms with Gasteiger partial charge < -0.3 is 19.4 Å². The van der Waals surface area contributed by atoms with Crippen molar-refractivity contribution in [3.63, 3.8) is 0 Å². The molecule has 0 radical (unpaired) electrons. The molecule has 3 aromatic heterocycles. The molecule has 214 valence electrons. The van der Waals surface area contributed by atoms with E-state index in [0.29, 0.717) is 48.9 Å². The van der Waals surface area contributed by atoms with E-state index in [4.69, 9.17) is 14.8 Å². The van der Waals surface area contributed by atoms with Crippen molar-refractivity contribution in [2.45, 2.75) is 39.7 Å². The van der Waals surface area contributed by atoms with Crippen LogP contribution in [0.3, 0.4) is 0 Å². The highest BCUT2D eigenvalue weighted by atomic mass is 32.1. The molecule has 1 aromatic carbocycles. The van der Waals surface area contributed by atoms with E-state index in [1.807, 2.05) is 51.9 Å². The molecular weight excluding hydrogens is 550 g/mol. The monoisotopic (exact) mass is 580 g/mol. The van der Waals surface area contributed by atoms with E-state index < -0.39 is 17.2 Å². The molecule has 1 fully saturated rings. The number of halogens is 2. The van der Waals surface area contributed by atoms with Gasteiger partial charge in [0.05, 0.1) is 5.69 Å². The number of nitriles is 1. The number of aryl methyl sites for hydroxylation is 1. The summed E-state index contributed by atoms with van der Waals surface area (Å²) in [5, 5.41) is 15.0. The van der Waals surface area contributed by atoms with Gasteiger partial charge in [-0.3, -0.25) is 0 Å². The highest BCUT2D eigenvalue weighted by Crippen LogP contribution is 2.38. The highest BCUT2D eigenvalue weighted by Gasteiger charge is 2.28. The molecule has 10 nitrogen and oxygen atoms in total. The summed E-state index contributed by atoms with van der Waals surface area (Å²) < 4.78 is 34.7. The van der Waals surface area contributed by atoms with Crippen molar-refractivity contribution in [2.24, 2.45) is 0 Å². The molecule has 0 atom stereocenters. The minimum Gasteiger partial charge on any atom is -0.444 e. The third kappa shape index (κ3) is 5.65. The molecular formula is C28H30F2N8O2S. The van der Waals surface area contributed by atoms with Gasteiger partial charge >= 0.3 is 6.09 Å². The van der Waals surface area contributed by atoms with Gasteiger partial charge in [-0.1, -0.05) is 18.3 Å². The lowest BCUT2D eigenvalue weighted by Crippen LogP contribution is -2.50. The number of hydrogen-bond donors (Lipinski definition) is 0. The minimum absolute atomic E-state index is 0.281. The lowest BCUT2D eigenvalue weighted by atomic mass is 10.1. The van der Waals surface area contributed by atoms with Crippen molar-refractivity contribution in [3.05, 3.63) is 52.7 Å². The first-order chi connectivity index (χ1) is 19.5. The molecule has 41 heavy (non-hydrogen) atoms. The van der Waals surface area contributed by atoms with Crippen LogP contribution < -0.4 is 9.80 Å². The number of nitrogens with zero attached hydrogens (tertiary/aromatic N) is 8. The Bertz CT molecular complexity index is 1650. The fraction of sp³-hybridized carbons (Fsp3) is 0.393. The molecule has 13 heteroatoms. The number of rotatable bonds is 5. The van der Waals surface area contributed by atoms with Crippen molar-refractivity contribution < 1.29 is 18.3 Å². The number of thiazole rings is 1. The summed E-state index contributed by atoms with van der Waals surface area (Å²) in [6.07, 6.45) is 2.15. The van der Waals surface area contributed by atoms with Gasteiger partial charge in [0.25, 0.3) is 0 Å². The Morgan fingerprint density at radius 3 is 2.51 bits per heavy atom. The molecule has 1 aliphatic rings. The highest BCUT2D eigenvalue weighted by molar-refractivity contribution is 7.16. The Labute approximate surface area is 240 Å². The first-order valence-corrected chi connectivity index (χ1v) is 14.0. The van der Waals surface area contributed by atoms with Crippen molar-refractivity contribution in [1.29, 1.82) is 5.26 Å². The third-order valence-corrected chi connectivity index (χ3v) is 7.68. The van der Waals surface area contributed by atoms with Crippen molar-refractivity contribution >= 4 is 39.7 Å². The van der Waals surface area contributed by atoms with E-state index in [-0.39, 0.29) is 16.7 Å². The number of hydrogen-bond acceptors (Lipinski definition) is 9. The largest absolute Gasteiger partial charge is 0.444 e. The smallest absolute Gasteiger partial charge is 0.410 e. The van der Waals surface area contributed by atoms with E-state index in [9.17, 15) is 18.8 Å². The standard InChI is InChI=1S/C28H30F2N8O2S/c1-6-20-24(35(5)26-33-23(21(16-31)41-26)17-7-8-18(29)19(30)15-17)25-32-22(9-10-38(25)34-20)36-11-13-37(14-12-36)27(39)40-28(2,3)4/h7-10,15H,6,11-14H2,1-5H3. The molecule has 0 bridgehead atoms. The number of ether oxygens (including phenoxy) is 1. The van der Waals surface area contributed by atoms with Crippen LogP contribution in [0.2, 0.25) is 0 Å². The van der Waals surface area contributed by atoms with Gasteiger partial charge in [0, 0.05) is 45.0 Å². The lowest BCUT2D eigenvalue weighted by Gasteiger charge is -2.36. The summed E-state index contributed by atoms with van der Waals surface area (Å²) in [7, 11) is 1.82. The molecule has 0 N–H and O–H groups in total. The maximum atomic E-state index is 13.9. The second-order valence-electron chi connectivity index (χ2n) is 10.6. The second-order valence-corrected chi connectivity index (χ2v) is 11.6. The average molecular weight is 581 g/mol. The summed E-state index contributed by atoms with van der Waals surface area (Å²) in [5.41, 5.74) is 2.18. The number of amides is 1. The van der Waals surface area contributed by atoms with E-state index in [2.05, 4.69) is 16.0 Å². The normalized spacial score (nSPS) is 13.9. The Morgan fingerprint density at radius 2 is 1.88 bits per heavy atom. The Kier molecular flexibility index (Phi) is 7.52. The van der Waals surface area contributed by atoms with Gasteiger partial charge in [-0.05, 0) is 51.5 Å². The second kappa shape index (κ2) is 10.9. The number of anilines is 3. The summed E-state index contributed by atoms with van der Waals surface area (Å²) in [6, 6.07) is 7.48. The fourth-order valence-corrected chi connectivity index (χ4v) is 5.47. The molecule has 4 heterocycles. The molecule has 0 spiro atoms. The van der Waals surface area contributed by atoms with E-state index in [1.165, 1.54) is 6.07 Å². The van der Waals surface area contributed by atoms with E-state index in [0.717, 1.165) is 40.7 Å². The van der Waals surface area contributed by atoms with Gasteiger partial charge in [0.1, 0.15) is 33.7 Å². The Balaban J connectivity index is 1.44.